The van der Waals surface area contributed by atoms with E-state index in [1.54, 1.807) is 0 Å². The second-order valence-electron chi connectivity index (χ2n) is 4.64. The van der Waals surface area contributed by atoms with Gasteiger partial charge in [-0.05, 0) is 44.1 Å². The van der Waals surface area contributed by atoms with Gasteiger partial charge in [-0.3, -0.25) is 0 Å². The van der Waals surface area contributed by atoms with Gasteiger partial charge in [-0.25, -0.2) is 0 Å². The van der Waals surface area contributed by atoms with Crippen LogP contribution in [0.25, 0.3) is 0 Å². The molecule has 2 fully saturated rings. The van der Waals surface area contributed by atoms with Crippen molar-refractivity contribution >= 4 is 0 Å². The summed E-state index contributed by atoms with van der Waals surface area (Å²) in [4.78, 5) is 0. The Morgan fingerprint density at radius 2 is 2.12 bits per heavy atom. The molecule has 2 N–H and O–H groups in total. The number of hydrogen-bond donors (Lipinski definition) is 2. The molecule has 2 nitrogen and oxygen atoms in total. The van der Waals surface area contributed by atoms with Crippen LogP contribution in [0.4, 0.5) is 0 Å². The number of allylic oxidation sites excluding steroid dienone is 4. The Labute approximate surface area is 98.5 Å². The van der Waals surface area contributed by atoms with Crippen LogP contribution in [0, 0.1) is 5.92 Å². The van der Waals surface area contributed by atoms with Gasteiger partial charge in [-0.15, -0.1) is 0 Å². The van der Waals surface area contributed by atoms with Crippen molar-refractivity contribution in [1.29, 1.82) is 0 Å². The van der Waals surface area contributed by atoms with E-state index in [0.717, 1.165) is 12.3 Å². The lowest BCUT2D eigenvalue weighted by atomic mass is 10.2. The summed E-state index contributed by atoms with van der Waals surface area (Å²) in [7, 11) is 2.02. The van der Waals surface area contributed by atoms with Gasteiger partial charge in [0.25, 0.3) is 0 Å². The van der Waals surface area contributed by atoms with Crippen LogP contribution in [0.15, 0.2) is 35.3 Å². The molecule has 0 radical (unpaired) electrons. The molecule has 0 aromatic carbocycles. The smallest absolute Gasteiger partial charge is 0.0356 e. The standard InChI is InChI=1S/C14H22N2/c1-3-4-13(16-10-11-5-6-11)9-14(15-2)12-7-8-12/h4,9-10,12,15-16H,3,5-8H2,1-2H3/b13-4-,14-9-. The lowest BCUT2D eigenvalue weighted by Gasteiger charge is -2.08. The second-order valence-corrected chi connectivity index (χ2v) is 4.64. The maximum Gasteiger partial charge on any atom is 0.0356 e. The SMILES string of the molecule is CC/C=C(/C=C(\NC)C1CC1)NC=C1CC1. The third kappa shape index (κ3) is 3.44. The first kappa shape index (κ1) is 11.3. The van der Waals surface area contributed by atoms with Gasteiger partial charge < -0.3 is 10.6 Å². The summed E-state index contributed by atoms with van der Waals surface area (Å²) in [6, 6.07) is 0. The minimum atomic E-state index is 0.778. The molecule has 2 aliphatic rings. The molecule has 0 amide bonds. The Hall–Kier alpha value is -1.18. The number of hydrogen-bond acceptors (Lipinski definition) is 2. The largest absolute Gasteiger partial charge is 0.391 e. The Kier molecular flexibility index (Phi) is 3.70. The van der Waals surface area contributed by atoms with Gasteiger partial charge >= 0.3 is 0 Å². The Bertz CT molecular complexity index is 327. The molecular weight excluding hydrogens is 196 g/mol. The van der Waals surface area contributed by atoms with Crippen LogP contribution in [0.3, 0.4) is 0 Å². The first-order valence-electron chi connectivity index (χ1n) is 6.37. The highest BCUT2D eigenvalue weighted by Gasteiger charge is 2.25. The zero-order valence-corrected chi connectivity index (χ0v) is 10.3. The summed E-state index contributed by atoms with van der Waals surface area (Å²) in [6.07, 6.45) is 13.0. The maximum absolute atomic E-state index is 3.41. The summed E-state index contributed by atoms with van der Waals surface area (Å²) in [5.41, 5.74) is 4.15. The van der Waals surface area contributed by atoms with Crippen molar-refractivity contribution in [2.45, 2.75) is 39.0 Å². The van der Waals surface area contributed by atoms with Crippen LogP contribution < -0.4 is 10.6 Å². The molecule has 88 valence electrons. The summed E-state index contributed by atoms with van der Waals surface area (Å²) in [5, 5.41) is 6.73. The Morgan fingerprint density at radius 3 is 2.62 bits per heavy atom. The summed E-state index contributed by atoms with van der Waals surface area (Å²) in [6.45, 7) is 2.18. The first-order valence-corrected chi connectivity index (χ1v) is 6.37. The van der Waals surface area contributed by atoms with Gasteiger partial charge in [-0.2, -0.15) is 0 Å². The average molecular weight is 218 g/mol. The summed E-state index contributed by atoms with van der Waals surface area (Å²) >= 11 is 0. The molecule has 0 atom stereocenters. The van der Waals surface area contributed by atoms with Gasteiger partial charge in [0.1, 0.15) is 0 Å². The summed E-state index contributed by atoms with van der Waals surface area (Å²) in [5.74, 6) is 0.778. The summed E-state index contributed by atoms with van der Waals surface area (Å²) < 4.78 is 0. The van der Waals surface area contributed by atoms with Crippen LogP contribution >= 0.6 is 0 Å². The highest BCUT2D eigenvalue weighted by molar-refractivity contribution is 5.28. The molecule has 0 aromatic heterocycles. The number of rotatable bonds is 6. The molecule has 2 rings (SSSR count). The van der Waals surface area contributed by atoms with Gasteiger partial charge in [0.2, 0.25) is 0 Å². The van der Waals surface area contributed by atoms with E-state index in [1.165, 1.54) is 42.7 Å². The van der Waals surface area contributed by atoms with Crippen molar-refractivity contribution in [2.75, 3.05) is 7.05 Å². The molecule has 0 aromatic rings. The molecule has 2 aliphatic carbocycles. The molecule has 0 heterocycles. The predicted molar refractivity (Wildman–Crippen MR) is 68.7 cm³/mol. The van der Waals surface area contributed by atoms with Gasteiger partial charge in [-0.1, -0.05) is 18.6 Å². The highest BCUT2D eigenvalue weighted by Crippen LogP contribution is 2.35. The molecule has 0 bridgehead atoms. The van der Waals surface area contributed by atoms with Crippen LogP contribution in [-0.2, 0) is 0 Å². The number of nitrogens with one attached hydrogen (secondary N) is 2. The Balaban J connectivity index is 1.99. The predicted octanol–water partition coefficient (Wildman–Crippen LogP) is 3.06. The normalized spacial score (nSPS) is 20.8. The van der Waals surface area contributed by atoms with Crippen molar-refractivity contribution in [1.82, 2.24) is 10.6 Å². The second kappa shape index (κ2) is 5.24. The third-order valence-electron chi connectivity index (χ3n) is 3.02. The van der Waals surface area contributed by atoms with Crippen molar-refractivity contribution in [3.63, 3.8) is 0 Å². The van der Waals surface area contributed by atoms with Crippen LogP contribution in [0.1, 0.15) is 39.0 Å². The lowest BCUT2D eigenvalue weighted by Crippen LogP contribution is -2.11. The minimum absolute atomic E-state index is 0.778. The maximum atomic E-state index is 3.41. The Morgan fingerprint density at radius 1 is 1.38 bits per heavy atom. The highest BCUT2D eigenvalue weighted by atomic mass is 14.9. The molecule has 0 spiro atoms. The van der Waals surface area contributed by atoms with Gasteiger partial charge in [0.05, 0.1) is 0 Å². The van der Waals surface area contributed by atoms with Crippen molar-refractivity contribution in [3.05, 3.63) is 35.3 Å². The van der Waals surface area contributed by atoms with Crippen LogP contribution in [0.5, 0.6) is 0 Å². The fourth-order valence-electron chi connectivity index (χ4n) is 1.74. The van der Waals surface area contributed by atoms with E-state index in [1.807, 2.05) is 7.05 Å². The molecule has 16 heavy (non-hydrogen) atoms. The zero-order valence-electron chi connectivity index (χ0n) is 10.3. The van der Waals surface area contributed by atoms with Crippen molar-refractivity contribution in [2.24, 2.45) is 5.92 Å². The van der Waals surface area contributed by atoms with E-state index in [4.69, 9.17) is 0 Å². The van der Waals surface area contributed by atoms with E-state index in [-0.39, 0.29) is 0 Å². The van der Waals surface area contributed by atoms with Crippen LogP contribution in [-0.4, -0.2) is 7.05 Å². The van der Waals surface area contributed by atoms with Crippen molar-refractivity contribution < 1.29 is 0 Å². The average Bonchev–Trinajstić information content (AvgIpc) is 3.16. The van der Waals surface area contributed by atoms with Gasteiger partial charge in [0.15, 0.2) is 0 Å². The minimum Gasteiger partial charge on any atom is -0.391 e. The van der Waals surface area contributed by atoms with Crippen molar-refractivity contribution in [3.8, 4) is 0 Å². The van der Waals surface area contributed by atoms with E-state index in [2.05, 4.69) is 35.9 Å². The first-order chi connectivity index (χ1) is 7.83. The van der Waals surface area contributed by atoms with E-state index >= 15 is 0 Å². The van der Waals surface area contributed by atoms with E-state index in [9.17, 15) is 0 Å². The lowest BCUT2D eigenvalue weighted by molar-refractivity contribution is 0.839. The van der Waals surface area contributed by atoms with E-state index < -0.39 is 0 Å². The topological polar surface area (TPSA) is 24.1 Å². The molecule has 2 saturated carbocycles. The fourth-order valence-corrected chi connectivity index (χ4v) is 1.74. The quantitative estimate of drug-likeness (QED) is 0.670. The third-order valence-corrected chi connectivity index (χ3v) is 3.02. The zero-order chi connectivity index (χ0) is 11.4. The van der Waals surface area contributed by atoms with Gasteiger partial charge in [0, 0.05) is 24.6 Å². The molecule has 0 saturated heterocycles. The molecule has 0 unspecified atom stereocenters. The van der Waals surface area contributed by atoms with Crippen LogP contribution in [0.2, 0.25) is 0 Å². The fraction of sp³-hybridized carbons (Fsp3) is 0.571. The molecule has 2 heteroatoms. The monoisotopic (exact) mass is 218 g/mol. The van der Waals surface area contributed by atoms with E-state index in [0.29, 0.717) is 0 Å². The molecule has 0 aliphatic heterocycles. The molecular formula is C14H22N2.